The van der Waals surface area contributed by atoms with Gasteiger partial charge in [-0.25, -0.2) is 9.59 Å². The number of alkyl carbamates (subject to hydrolysis) is 2. The summed E-state index contributed by atoms with van der Waals surface area (Å²) in [5, 5.41) is 16.2. The number of hydrogen-bond acceptors (Lipinski definition) is 11. The molecule has 21 heteroatoms. The van der Waals surface area contributed by atoms with Gasteiger partial charge in [-0.15, -0.1) is 23.2 Å². The first-order valence-electron chi connectivity index (χ1n) is 23.2. The zero-order valence-electron chi connectivity index (χ0n) is 40.4. The number of amides is 8. The quantitative estimate of drug-likeness (QED) is 0.0670. The van der Waals surface area contributed by atoms with E-state index in [-0.39, 0.29) is 44.9 Å². The lowest BCUT2D eigenvalue weighted by molar-refractivity contribution is -0.141. The third kappa shape index (κ3) is 20.0. The Morgan fingerprint density at radius 2 is 1.30 bits per heavy atom. The molecule has 0 saturated carbocycles. The number of rotatable bonds is 23. The molecular formula is C46H73Cl2N9O10. The number of hydrogen-bond donors (Lipinski definition) is 6. The fourth-order valence-corrected chi connectivity index (χ4v) is 8.11. The van der Waals surface area contributed by atoms with E-state index in [2.05, 4.69) is 31.9 Å². The van der Waals surface area contributed by atoms with Crippen LogP contribution in [-0.4, -0.2) is 150 Å². The van der Waals surface area contributed by atoms with E-state index in [0.29, 0.717) is 69.1 Å². The Morgan fingerprint density at radius 3 is 1.88 bits per heavy atom. The van der Waals surface area contributed by atoms with Crippen molar-refractivity contribution in [1.82, 2.24) is 36.4 Å². The molecule has 2 heterocycles. The van der Waals surface area contributed by atoms with E-state index < -0.39 is 89.5 Å². The average Bonchev–Trinajstić information content (AvgIpc) is 3.94. The molecule has 2 fully saturated rings. The number of unbranched alkanes of at least 4 members (excludes halogenated alkanes) is 1. The van der Waals surface area contributed by atoms with E-state index in [0.717, 1.165) is 5.69 Å². The van der Waals surface area contributed by atoms with Crippen LogP contribution in [0.25, 0.3) is 0 Å². The van der Waals surface area contributed by atoms with Gasteiger partial charge in [-0.2, -0.15) is 0 Å². The third-order valence-electron chi connectivity index (χ3n) is 10.7. The number of nitrogens with zero attached hydrogens (tertiary/aromatic N) is 3. The summed E-state index contributed by atoms with van der Waals surface area (Å²) in [6.07, 6.45) is 1.72. The molecule has 0 radical (unpaired) electrons. The molecule has 8 amide bonds. The molecule has 3 rings (SSSR count). The van der Waals surface area contributed by atoms with Gasteiger partial charge in [0.15, 0.2) is 0 Å². The first-order chi connectivity index (χ1) is 31.5. The Kier molecular flexibility index (Phi) is 22.7. The minimum atomic E-state index is -1.05. The number of anilines is 2. The monoisotopic (exact) mass is 981 g/mol. The molecule has 19 nitrogen and oxygen atoms in total. The van der Waals surface area contributed by atoms with Crippen molar-refractivity contribution in [3.63, 3.8) is 0 Å². The zero-order chi connectivity index (χ0) is 49.9. The van der Waals surface area contributed by atoms with E-state index in [1.165, 1.54) is 9.80 Å². The Hall–Kier alpha value is -5.04. The van der Waals surface area contributed by atoms with Crippen molar-refractivity contribution in [2.45, 2.75) is 142 Å². The summed E-state index contributed by atoms with van der Waals surface area (Å²) in [5.74, 6) is -2.28. The summed E-state index contributed by atoms with van der Waals surface area (Å²) in [5.41, 5.74) is -0.0596. The van der Waals surface area contributed by atoms with E-state index in [1.54, 1.807) is 53.7 Å². The van der Waals surface area contributed by atoms with Gasteiger partial charge in [-0.1, -0.05) is 13.8 Å². The number of ether oxygens (including phenoxy) is 2. The zero-order valence-corrected chi connectivity index (χ0v) is 41.9. The number of carbonyl (C=O) groups excluding carboxylic acids is 8. The van der Waals surface area contributed by atoms with E-state index in [4.69, 9.17) is 32.7 Å². The molecule has 0 spiro atoms. The van der Waals surface area contributed by atoms with Crippen LogP contribution in [0.1, 0.15) is 107 Å². The maximum atomic E-state index is 14.1. The number of benzene rings is 1. The number of carbonyl (C=O) groups is 8. The van der Waals surface area contributed by atoms with Crippen molar-refractivity contribution in [1.29, 1.82) is 0 Å². The first kappa shape index (κ1) is 56.3. The molecule has 1 aromatic rings. The average molecular weight is 983 g/mol. The molecule has 2 aliphatic rings. The van der Waals surface area contributed by atoms with Crippen molar-refractivity contribution in [3.8, 4) is 0 Å². The summed E-state index contributed by atoms with van der Waals surface area (Å²) in [4.78, 5) is 111. The second-order valence-electron chi connectivity index (χ2n) is 19.1. The van der Waals surface area contributed by atoms with Crippen LogP contribution in [-0.2, 0) is 38.2 Å². The van der Waals surface area contributed by atoms with Crippen molar-refractivity contribution < 1.29 is 47.8 Å². The topological polar surface area (TPSA) is 237 Å². The first-order valence-corrected chi connectivity index (χ1v) is 24.3. The molecule has 0 aliphatic carbocycles. The SMILES string of the molecule is CC(C)C[C@H](NC(=O)[C@@H]1CCCN1C(=O)[C@@H](CCCCNC(=O)OC(C)(C)C)NC(=O)OC(C)(C)C)C(=O)NCC(=O)N1CCC[C@H]1C(=O)NCC(=O)Nc1ccc(N(CCCl)CCCl)cc1. The highest BCUT2D eigenvalue weighted by Crippen LogP contribution is 2.23. The third-order valence-corrected chi connectivity index (χ3v) is 11.0. The smallest absolute Gasteiger partial charge is 0.408 e. The van der Waals surface area contributed by atoms with Gasteiger partial charge in [0.25, 0.3) is 0 Å². The van der Waals surface area contributed by atoms with Crippen LogP contribution in [0.2, 0.25) is 0 Å². The molecule has 6 N–H and O–H groups in total. The van der Waals surface area contributed by atoms with Crippen LogP contribution in [0.15, 0.2) is 24.3 Å². The van der Waals surface area contributed by atoms with E-state index in [1.807, 2.05) is 30.9 Å². The Morgan fingerprint density at radius 1 is 0.716 bits per heavy atom. The molecule has 0 bridgehead atoms. The molecule has 67 heavy (non-hydrogen) atoms. The van der Waals surface area contributed by atoms with Crippen LogP contribution in [0.4, 0.5) is 21.0 Å². The predicted molar refractivity (Wildman–Crippen MR) is 257 cm³/mol. The fraction of sp³-hybridized carbons (Fsp3) is 0.696. The number of alkyl halides is 2. The number of halogens is 2. The molecule has 1 aromatic carbocycles. The highest BCUT2D eigenvalue weighted by molar-refractivity contribution is 6.18. The van der Waals surface area contributed by atoms with Gasteiger partial charge in [0.1, 0.15) is 35.4 Å². The highest BCUT2D eigenvalue weighted by atomic mass is 35.5. The van der Waals surface area contributed by atoms with Gasteiger partial charge in [-0.3, -0.25) is 28.8 Å². The van der Waals surface area contributed by atoms with Crippen LogP contribution in [0.3, 0.4) is 0 Å². The number of nitrogens with one attached hydrogen (secondary N) is 6. The van der Waals surface area contributed by atoms with E-state index >= 15 is 0 Å². The molecule has 2 aliphatic heterocycles. The second kappa shape index (κ2) is 27.1. The highest BCUT2D eigenvalue weighted by Gasteiger charge is 2.40. The van der Waals surface area contributed by atoms with Crippen molar-refractivity contribution >= 4 is 82.2 Å². The maximum Gasteiger partial charge on any atom is 0.408 e. The van der Waals surface area contributed by atoms with Gasteiger partial charge in [0.05, 0.1) is 13.1 Å². The van der Waals surface area contributed by atoms with Crippen molar-refractivity contribution in [3.05, 3.63) is 24.3 Å². The summed E-state index contributed by atoms with van der Waals surface area (Å²) >= 11 is 11.8. The van der Waals surface area contributed by atoms with E-state index in [9.17, 15) is 38.4 Å². The Bertz CT molecular complexity index is 1830. The fourth-order valence-electron chi connectivity index (χ4n) is 7.70. The van der Waals surface area contributed by atoms with Gasteiger partial charge >= 0.3 is 12.2 Å². The largest absolute Gasteiger partial charge is 0.444 e. The molecule has 4 atom stereocenters. The van der Waals surface area contributed by atoms with Crippen LogP contribution in [0, 0.1) is 5.92 Å². The Labute approximate surface area is 405 Å². The molecule has 0 unspecified atom stereocenters. The van der Waals surface area contributed by atoms with Crippen molar-refractivity contribution in [2.75, 3.05) is 67.8 Å². The number of likely N-dealkylation sites (tertiary alicyclic amines) is 2. The van der Waals surface area contributed by atoms with Crippen LogP contribution in [0.5, 0.6) is 0 Å². The predicted octanol–water partition coefficient (Wildman–Crippen LogP) is 4.24. The Balaban J connectivity index is 1.58. The van der Waals surface area contributed by atoms with Crippen LogP contribution >= 0.6 is 23.2 Å². The molecular weight excluding hydrogens is 909 g/mol. The summed E-state index contributed by atoms with van der Waals surface area (Å²) in [6, 6.07) is 3.29. The lowest BCUT2D eigenvalue weighted by Gasteiger charge is -2.30. The molecule has 376 valence electrons. The van der Waals surface area contributed by atoms with Gasteiger partial charge < -0.3 is 56.1 Å². The second-order valence-corrected chi connectivity index (χ2v) is 19.9. The standard InChI is InChI=1S/C46H73Cl2N9O10/c1-30(2)27-34(53-41(62)36-15-12-24-57(36)42(63)33(54-44(65)67-46(6,7)8)13-9-10-22-49-43(64)66-45(3,4)5)39(60)51-29-38(59)56-23-11-14-35(56)40(61)50-28-37(58)52-31-16-18-32(19-17-31)55(25-20-47)26-21-48/h16-19,30,33-36H,9-15,20-29H2,1-8H3,(H,49,64)(H,50,61)(H,51,60)(H,52,58)(H,53,62)(H,54,65)/t33-,34+,35+,36+/m1/s1. The van der Waals surface area contributed by atoms with Crippen LogP contribution < -0.4 is 36.8 Å². The van der Waals surface area contributed by atoms with Crippen molar-refractivity contribution in [2.24, 2.45) is 5.92 Å². The van der Waals surface area contributed by atoms with Gasteiger partial charge in [0, 0.05) is 55.9 Å². The molecule has 2 saturated heterocycles. The minimum Gasteiger partial charge on any atom is -0.444 e. The lowest BCUT2D eigenvalue weighted by atomic mass is 10.0. The maximum absolute atomic E-state index is 14.1. The summed E-state index contributed by atoms with van der Waals surface area (Å²) in [6.45, 7) is 15.4. The molecule has 0 aromatic heterocycles. The van der Waals surface area contributed by atoms with Gasteiger partial charge in [0.2, 0.25) is 35.4 Å². The lowest BCUT2D eigenvalue weighted by Crippen LogP contribution is -2.57. The summed E-state index contributed by atoms with van der Waals surface area (Å²) in [7, 11) is 0. The summed E-state index contributed by atoms with van der Waals surface area (Å²) < 4.78 is 10.7. The minimum absolute atomic E-state index is 0.0453. The van der Waals surface area contributed by atoms with Gasteiger partial charge in [-0.05, 0) is 123 Å². The normalized spacial score (nSPS) is 16.9.